The van der Waals surface area contributed by atoms with Gasteiger partial charge in [0.15, 0.2) is 6.23 Å². The Bertz CT molecular complexity index is 960. The standard InChI is InChI=1S/C20H19F3N2O2/c1-3-11-24-19(26)15-12-25(2)16-5-4-6-17(18(15)16)27-14-9-7-13(8-10-14)20(21,22)23/h3-12,19,24,26H,1-2H3/b11-3-. The maximum Gasteiger partial charge on any atom is 0.416 e. The molecule has 2 aromatic carbocycles. The number of benzene rings is 2. The number of hydrogen-bond acceptors (Lipinski definition) is 3. The maximum absolute atomic E-state index is 12.7. The van der Waals surface area contributed by atoms with Crippen molar-refractivity contribution in [1.29, 1.82) is 0 Å². The summed E-state index contributed by atoms with van der Waals surface area (Å²) in [6.45, 7) is 1.82. The third-order valence-corrected chi connectivity index (χ3v) is 4.13. The summed E-state index contributed by atoms with van der Waals surface area (Å²) in [5.41, 5.74) is 0.697. The summed E-state index contributed by atoms with van der Waals surface area (Å²) in [4.78, 5) is 0. The highest BCUT2D eigenvalue weighted by atomic mass is 19.4. The van der Waals surface area contributed by atoms with Crippen molar-refractivity contribution in [3.63, 3.8) is 0 Å². The molecule has 1 aromatic heterocycles. The second kappa shape index (κ2) is 7.36. The average Bonchev–Trinajstić information content (AvgIpc) is 2.97. The molecule has 7 heteroatoms. The largest absolute Gasteiger partial charge is 0.457 e. The molecule has 0 aliphatic carbocycles. The number of alkyl halides is 3. The fraction of sp³-hybridized carbons (Fsp3) is 0.200. The minimum Gasteiger partial charge on any atom is -0.457 e. The highest BCUT2D eigenvalue weighted by molar-refractivity contribution is 5.90. The lowest BCUT2D eigenvalue weighted by molar-refractivity contribution is -0.137. The van der Waals surface area contributed by atoms with E-state index in [1.165, 1.54) is 12.1 Å². The van der Waals surface area contributed by atoms with E-state index in [9.17, 15) is 18.3 Å². The SMILES string of the molecule is C/C=C\NC(O)c1cn(C)c2cccc(Oc3ccc(C(F)(F)F)cc3)c12. The topological polar surface area (TPSA) is 46.4 Å². The number of allylic oxidation sites excluding steroid dienone is 1. The van der Waals surface area contributed by atoms with Crippen LogP contribution < -0.4 is 10.1 Å². The van der Waals surface area contributed by atoms with Gasteiger partial charge < -0.3 is 19.7 Å². The van der Waals surface area contributed by atoms with Crippen LogP contribution in [0.2, 0.25) is 0 Å². The zero-order valence-electron chi connectivity index (χ0n) is 14.8. The van der Waals surface area contributed by atoms with E-state index in [-0.39, 0.29) is 5.75 Å². The second-order valence-corrected chi connectivity index (χ2v) is 6.04. The lowest BCUT2D eigenvalue weighted by Gasteiger charge is -2.13. The molecular weight excluding hydrogens is 357 g/mol. The molecule has 0 saturated carbocycles. The number of nitrogens with one attached hydrogen (secondary N) is 1. The van der Waals surface area contributed by atoms with Crippen LogP contribution in [0.5, 0.6) is 11.5 Å². The highest BCUT2D eigenvalue weighted by Crippen LogP contribution is 2.36. The number of hydrogen-bond donors (Lipinski definition) is 2. The Kier molecular flexibility index (Phi) is 5.14. The van der Waals surface area contributed by atoms with Crippen LogP contribution in [-0.4, -0.2) is 9.67 Å². The number of ether oxygens (including phenoxy) is 1. The minimum absolute atomic E-state index is 0.279. The number of aryl methyl sites for hydroxylation is 1. The van der Waals surface area contributed by atoms with Crippen LogP contribution >= 0.6 is 0 Å². The molecule has 3 rings (SSSR count). The summed E-state index contributed by atoms with van der Waals surface area (Å²) < 4.78 is 45.8. The van der Waals surface area contributed by atoms with Gasteiger partial charge in [-0.1, -0.05) is 12.1 Å². The van der Waals surface area contributed by atoms with Crippen LogP contribution in [0.15, 0.2) is 60.9 Å². The molecule has 0 amide bonds. The smallest absolute Gasteiger partial charge is 0.416 e. The molecule has 0 aliphatic heterocycles. The lowest BCUT2D eigenvalue weighted by Crippen LogP contribution is -2.14. The molecule has 3 aromatic rings. The van der Waals surface area contributed by atoms with Gasteiger partial charge in [0.05, 0.1) is 16.5 Å². The van der Waals surface area contributed by atoms with Crippen LogP contribution in [0.25, 0.3) is 10.9 Å². The number of aliphatic hydroxyl groups is 1. The Balaban J connectivity index is 1.99. The fourth-order valence-electron chi connectivity index (χ4n) is 2.85. The first-order valence-electron chi connectivity index (χ1n) is 8.29. The van der Waals surface area contributed by atoms with Crippen LogP contribution in [-0.2, 0) is 13.2 Å². The molecule has 0 fully saturated rings. The van der Waals surface area contributed by atoms with E-state index >= 15 is 0 Å². The molecule has 0 spiro atoms. The Hall–Kier alpha value is -2.93. The van der Waals surface area contributed by atoms with Crippen LogP contribution in [0.4, 0.5) is 13.2 Å². The van der Waals surface area contributed by atoms with Crippen molar-refractivity contribution in [2.45, 2.75) is 19.3 Å². The third kappa shape index (κ3) is 3.93. The Morgan fingerprint density at radius 1 is 1.15 bits per heavy atom. The molecule has 0 radical (unpaired) electrons. The first-order chi connectivity index (χ1) is 12.8. The van der Waals surface area contributed by atoms with Gasteiger partial charge in [0, 0.05) is 18.8 Å². The molecule has 4 nitrogen and oxygen atoms in total. The van der Waals surface area contributed by atoms with Gasteiger partial charge in [-0.05, 0) is 49.5 Å². The van der Waals surface area contributed by atoms with Gasteiger partial charge in [-0.2, -0.15) is 13.2 Å². The molecule has 1 atom stereocenters. The van der Waals surface area contributed by atoms with Crippen molar-refractivity contribution in [2.24, 2.45) is 7.05 Å². The number of aliphatic hydroxyl groups excluding tert-OH is 1. The summed E-state index contributed by atoms with van der Waals surface area (Å²) in [5.74, 6) is 0.727. The molecule has 142 valence electrons. The average molecular weight is 376 g/mol. The number of halogens is 3. The van der Waals surface area contributed by atoms with E-state index in [0.29, 0.717) is 16.7 Å². The molecule has 0 bridgehead atoms. The minimum atomic E-state index is -4.40. The van der Waals surface area contributed by atoms with Gasteiger partial charge in [-0.3, -0.25) is 0 Å². The zero-order chi connectivity index (χ0) is 19.6. The van der Waals surface area contributed by atoms with Crippen molar-refractivity contribution in [3.05, 3.63) is 72.1 Å². The highest BCUT2D eigenvalue weighted by Gasteiger charge is 2.30. The Morgan fingerprint density at radius 2 is 1.85 bits per heavy atom. The first-order valence-corrected chi connectivity index (χ1v) is 8.29. The van der Waals surface area contributed by atoms with E-state index in [0.717, 1.165) is 17.6 Å². The number of rotatable bonds is 5. The molecule has 0 aliphatic rings. The van der Waals surface area contributed by atoms with Gasteiger partial charge in [-0.25, -0.2) is 0 Å². The summed E-state index contributed by atoms with van der Waals surface area (Å²) in [6, 6.07) is 9.88. The van der Waals surface area contributed by atoms with Crippen molar-refractivity contribution < 1.29 is 23.0 Å². The summed E-state index contributed by atoms with van der Waals surface area (Å²) >= 11 is 0. The third-order valence-electron chi connectivity index (χ3n) is 4.13. The van der Waals surface area contributed by atoms with Gasteiger partial charge >= 0.3 is 6.18 Å². The summed E-state index contributed by atoms with van der Waals surface area (Å²) in [6.07, 6.45) is -0.182. The van der Waals surface area contributed by atoms with E-state index < -0.39 is 18.0 Å². The number of fused-ring (bicyclic) bond motifs is 1. The quantitative estimate of drug-likeness (QED) is 0.609. The van der Waals surface area contributed by atoms with E-state index in [1.807, 2.05) is 24.6 Å². The monoisotopic (exact) mass is 376 g/mol. The van der Waals surface area contributed by atoms with E-state index in [2.05, 4.69) is 5.32 Å². The molecule has 1 unspecified atom stereocenters. The lowest BCUT2D eigenvalue weighted by atomic mass is 10.1. The van der Waals surface area contributed by atoms with Gasteiger partial charge in [-0.15, -0.1) is 0 Å². The summed E-state index contributed by atoms with van der Waals surface area (Å²) in [7, 11) is 1.84. The maximum atomic E-state index is 12.7. The molecule has 27 heavy (non-hydrogen) atoms. The second-order valence-electron chi connectivity index (χ2n) is 6.04. The van der Waals surface area contributed by atoms with Crippen molar-refractivity contribution in [2.75, 3.05) is 0 Å². The van der Waals surface area contributed by atoms with Crippen LogP contribution in [0.3, 0.4) is 0 Å². The predicted molar refractivity (Wildman–Crippen MR) is 97.3 cm³/mol. The van der Waals surface area contributed by atoms with Crippen molar-refractivity contribution >= 4 is 10.9 Å². The Labute approximate surface area is 154 Å². The summed E-state index contributed by atoms with van der Waals surface area (Å²) in [5, 5.41) is 14.0. The van der Waals surface area contributed by atoms with E-state index in [1.54, 1.807) is 30.6 Å². The van der Waals surface area contributed by atoms with Gasteiger partial charge in [0.1, 0.15) is 11.5 Å². The van der Waals surface area contributed by atoms with Gasteiger partial charge in [0.2, 0.25) is 0 Å². The van der Waals surface area contributed by atoms with Crippen molar-refractivity contribution in [3.8, 4) is 11.5 Å². The van der Waals surface area contributed by atoms with Crippen molar-refractivity contribution in [1.82, 2.24) is 9.88 Å². The number of aromatic nitrogens is 1. The predicted octanol–water partition coefficient (Wildman–Crippen LogP) is 5.10. The molecule has 0 saturated heterocycles. The van der Waals surface area contributed by atoms with E-state index in [4.69, 9.17) is 4.74 Å². The molecular formula is C20H19F3N2O2. The zero-order valence-corrected chi connectivity index (χ0v) is 14.8. The van der Waals surface area contributed by atoms with Crippen LogP contribution in [0.1, 0.15) is 24.3 Å². The number of nitrogens with zero attached hydrogens (tertiary/aromatic N) is 1. The van der Waals surface area contributed by atoms with Crippen LogP contribution in [0, 0.1) is 0 Å². The van der Waals surface area contributed by atoms with Gasteiger partial charge in [0.25, 0.3) is 0 Å². The molecule has 2 N–H and O–H groups in total. The Morgan fingerprint density at radius 3 is 2.48 bits per heavy atom. The fourth-order valence-corrected chi connectivity index (χ4v) is 2.85. The normalized spacial score (nSPS) is 13.3. The first kappa shape index (κ1) is 18.8. The molecule has 1 heterocycles.